The van der Waals surface area contributed by atoms with E-state index < -0.39 is 0 Å². The first kappa shape index (κ1) is 9.96. The van der Waals surface area contributed by atoms with E-state index in [4.69, 9.17) is 4.74 Å². The molecular weight excluding hydrogens is 152 g/mol. The van der Waals surface area contributed by atoms with Gasteiger partial charge in [0.1, 0.15) is 0 Å². The molecule has 0 bridgehead atoms. The van der Waals surface area contributed by atoms with Crippen LogP contribution in [-0.2, 0) is 4.74 Å². The summed E-state index contributed by atoms with van der Waals surface area (Å²) in [6, 6.07) is 0. The molecule has 0 aromatic rings. The van der Waals surface area contributed by atoms with Gasteiger partial charge in [0, 0.05) is 46.4 Å². The molecule has 71 valence electrons. The average Bonchev–Trinajstić information content (AvgIpc) is 2.14. The third kappa shape index (κ3) is 4.04. The fourth-order valence-electron chi connectivity index (χ4n) is 1.37. The Bertz CT molecular complexity index is 103. The minimum Gasteiger partial charge on any atom is -0.385 e. The molecule has 1 fully saturated rings. The van der Waals surface area contributed by atoms with Crippen LogP contribution in [0.2, 0.25) is 0 Å². The van der Waals surface area contributed by atoms with Crippen LogP contribution in [0.15, 0.2) is 0 Å². The van der Waals surface area contributed by atoms with Crippen molar-refractivity contribution < 1.29 is 4.74 Å². The number of hydrogen-bond acceptors (Lipinski definition) is 3. The van der Waals surface area contributed by atoms with Crippen molar-refractivity contribution in [1.29, 1.82) is 0 Å². The molecule has 1 heterocycles. The van der Waals surface area contributed by atoms with E-state index in [-0.39, 0.29) is 0 Å². The monoisotopic (exact) mass is 171 g/mol. The topological polar surface area (TPSA) is 24.5 Å². The van der Waals surface area contributed by atoms with E-state index in [0.717, 1.165) is 45.6 Å². The standard InChI is InChI=1S/C9H19N2O/c1-12-9-3-2-6-11-7-4-10-5-8-11/h6,10H,2-5,7-9H2,1H3. The number of nitrogens with one attached hydrogen (secondary N) is 1. The number of methoxy groups -OCH3 is 1. The van der Waals surface area contributed by atoms with Crippen LogP contribution in [0.3, 0.4) is 0 Å². The van der Waals surface area contributed by atoms with Crippen LogP contribution in [0, 0.1) is 6.54 Å². The average molecular weight is 171 g/mol. The van der Waals surface area contributed by atoms with Crippen molar-refractivity contribution in [3.05, 3.63) is 6.54 Å². The quantitative estimate of drug-likeness (QED) is 0.609. The third-order valence-electron chi connectivity index (χ3n) is 2.09. The van der Waals surface area contributed by atoms with Crippen molar-refractivity contribution in [2.75, 3.05) is 39.9 Å². The number of rotatable bonds is 5. The minimum atomic E-state index is 0.878. The maximum Gasteiger partial charge on any atom is 0.0462 e. The van der Waals surface area contributed by atoms with Gasteiger partial charge in [-0.05, 0) is 12.8 Å². The molecule has 0 spiro atoms. The molecule has 1 aliphatic rings. The molecule has 1 rings (SSSR count). The normalized spacial score (nSPS) is 19.8. The van der Waals surface area contributed by atoms with Gasteiger partial charge in [-0.15, -0.1) is 0 Å². The van der Waals surface area contributed by atoms with Gasteiger partial charge in [-0.2, -0.15) is 0 Å². The van der Waals surface area contributed by atoms with Crippen LogP contribution in [0.1, 0.15) is 12.8 Å². The van der Waals surface area contributed by atoms with Crippen molar-refractivity contribution in [1.82, 2.24) is 10.2 Å². The third-order valence-corrected chi connectivity index (χ3v) is 2.09. The molecule has 1 aliphatic heterocycles. The number of nitrogens with zero attached hydrogens (tertiary/aromatic N) is 1. The molecule has 1 saturated heterocycles. The van der Waals surface area contributed by atoms with Gasteiger partial charge in [0.25, 0.3) is 0 Å². The zero-order valence-electron chi connectivity index (χ0n) is 7.88. The zero-order valence-corrected chi connectivity index (χ0v) is 7.88. The summed E-state index contributed by atoms with van der Waals surface area (Å²) < 4.78 is 4.98. The number of piperazine rings is 1. The second-order valence-corrected chi connectivity index (χ2v) is 3.10. The van der Waals surface area contributed by atoms with E-state index in [1.165, 1.54) is 0 Å². The first-order valence-electron chi connectivity index (χ1n) is 4.70. The lowest BCUT2D eigenvalue weighted by molar-refractivity contribution is 0.189. The Morgan fingerprint density at radius 3 is 2.83 bits per heavy atom. The van der Waals surface area contributed by atoms with Crippen molar-refractivity contribution in [2.45, 2.75) is 12.8 Å². The number of ether oxygens (including phenoxy) is 1. The van der Waals surface area contributed by atoms with Crippen LogP contribution in [0.5, 0.6) is 0 Å². The lowest BCUT2D eigenvalue weighted by Crippen LogP contribution is -2.41. The molecule has 0 unspecified atom stereocenters. The molecular formula is C9H19N2O. The Kier molecular flexibility index (Phi) is 5.32. The summed E-state index contributed by atoms with van der Waals surface area (Å²) in [5, 5.41) is 3.33. The molecule has 0 atom stereocenters. The highest BCUT2D eigenvalue weighted by Crippen LogP contribution is 2.01. The van der Waals surface area contributed by atoms with Crippen LogP contribution in [0.4, 0.5) is 0 Å². The van der Waals surface area contributed by atoms with Gasteiger partial charge in [0.2, 0.25) is 0 Å². The molecule has 3 heteroatoms. The lowest BCUT2D eigenvalue weighted by Gasteiger charge is -2.26. The fourth-order valence-corrected chi connectivity index (χ4v) is 1.37. The molecule has 0 saturated carbocycles. The minimum absolute atomic E-state index is 0.878. The Morgan fingerprint density at radius 1 is 1.42 bits per heavy atom. The van der Waals surface area contributed by atoms with Gasteiger partial charge in [-0.25, -0.2) is 0 Å². The van der Waals surface area contributed by atoms with E-state index in [1.807, 2.05) is 0 Å². The van der Waals surface area contributed by atoms with E-state index in [9.17, 15) is 0 Å². The number of unbranched alkanes of at least 4 members (excludes halogenated alkanes) is 1. The van der Waals surface area contributed by atoms with Crippen LogP contribution in [0.25, 0.3) is 0 Å². The Labute approximate surface area is 75.1 Å². The summed E-state index contributed by atoms with van der Waals surface area (Å²) in [4.78, 5) is 2.40. The molecule has 0 amide bonds. The van der Waals surface area contributed by atoms with Crippen molar-refractivity contribution in [2.24, 2.45) is 0 Å². The molecule has 0 aromatic heterocycles. The van der Waals surface area contributed by atoms with Gasteiger partial charge >= 0.3 is 0 Å². The van der Waals surface area contributed by atoms with Gasteiger partial charge in [-0.3, -0.25) is 4.90 Å². The fraction of sp³-hybridized carbons (Fsp3) is 0.889. The van der Waals surface area contributed by atoms with Gasteiger partial charge < -0.3 is 10.1 Å². The largest absolute Gasteiger partial charge is 0.385 e. The molecule has 3 nitrogen and oxygen atoms in total. The van der Waals surface area contributed by atoms with Crippen molar-refractivity contribution in [3.63, 3.8) is 0 Å². The zero-order chi connectivity index (χ0) is 8.65. The van der Waals surface area contributed by atoms with Crippen LogP contribution >= 0.6 is 0 Å². The van der Waals surface area contributed by atoms with Crippen molar-refractivity contribution >= 4 is 0 Å². The molecule has 0 aromatic carbocycles. The Morgan fingerprint density at radius 2 is 2.17 bits per heavy atom. The van der Waals surface area contributed by atoms with E-state index in [2.05, 4.69) is 16.8 Å². The van der Waals surface area contributed by atoms with Crippen molar-refractivity contribution in [3.8, 4) is 0 Å². The summed E-state index contributed by atoms with van der Waals surface area (Å²) in [6.07, 6.45) is 2.29. The number of hydrogen-bond donors (Lipinski definition) is 1. The summed E-state index contributed by atoms with van der Waals surface area (Å²) in [7, 11) is 1.75. The summed E-state index contributed by atoms with van der Waals surface area (Å²) in [5.74, 6) is 0. The first-order valence-corrected chi connectivity index (χ1v) is 4.70. The highest BCUT2D eigenvalue weighted by Gasteiger charge is 2.08. The second-order valence-electron chi connectivity index (χ2n) is 3.10. The predicted octanol–water partition coefficient (Wildman–Crippen LogP) is 0.480. The predicted molar refractivity (Wildman–Crippen MR) is 49.9 cm³/mol. The first-order chi connectivity index (χ1) is 5.93. The molecule has 1 N–H and O–H groups in total. The summed E-state index contributed by atoms with van der Waals surface area (Å²) in [5.41, 5.74) is 0. The second kappa shape index (κ2) is 6.40. The van der Waals surface area contributed by atoms with E-state index in [1.54, 1.807) is 7.11 Å². The van der Waals surface area contributed by atoms with E-state index in [0.29, 0.717) is 0 Å². The van der Waals surface area contributed by atoms with Gasteiger partial charge in [0.05, 0.1) is 0 Å². The Hall–Kier alpha value is -0.120. The van der Waals surface area contributed by atoms with Gasteiger partial charge in [-0.1, -0.05) is 0 Å². The maximum absolute atomic E-state index is 4.98. The van der Waals surface area contributed by atoms with Crippen LogP contribution in [-0.4, -0.2) is 44.8 Å². The highest BCUT2D eigenvalue weighted by molar-refractivity contribution is 4.74. The van der Waals surface area contributed by atoms with Crippen LogP contribution < -0.4 is 5.32 Å². The lowest BCUT2D eigenvalue weighted by atomic mass is 10.3. The summed E-state index contributed by atoms with van der Waals surface area (Å²) in [6.45, 7) is 7.75. The van der Waals surface area contributed by atoms with Gasteiger partial charge in [0.15, 0.2) is 0 Å². The maximum atomic E-state index is 4.98. The SMILES string of the molecule is COCCC[CH]N1CCNCC1. The molecule has 0 aliphatic carbocycles. The smallest absolute Gasteiger partial charge is 0.0462 e. The van der Waals surface area contributed by atoms with E-state index >= 15 is 0 Å². The summed E-state index contributed by atoms with van der Waals surface area (Å²) >= 11 is 0. The molecule has 12 heavy (non-hydrogen) atoms. The Balaban J connectivity index is 1.91. The highest BCUT2D eigenvalue weighted by atomic mass is 16.5. The molecule has 1 radical (unpaired) electrons.